The molecule has 0 bridgehead atoms. The third-order valence-electron chi connectivity index (χ3n) is 11.4. The van der Waals surface area contributed by atoms with Gasteiger partial charge in [-0.2, -0.15) is 0 Å². The smallest absolute Gasteiger partial charge is 0.0785 e. The molecule has 0 amide bonds. The second-order valence-electron chi connectivity index (χ2n) is 14.6. The van der Waals surface area contributed by atoms with Crippen LogP contribution in [0.1, 0.15) is 25.0 Å². The van der Waals surface area contributed by atoms with E-state index in [9.17, 15) is 0 Å². The summed E-state index contributed by atoms with van der Waals surface area (Å²) in [6, 6.07) is 64.7. The molecule has 0 saturated heterocycles. The molecule has 0 aliphatic carbocycles. The van der Waals surface area contributed by atoms with E-state index < -0.39 is 0 Å². The summed E-state index contributed by atoms with van der Waals surface area (Å²) in [4.78, 5) is 5.06. The molecular formula is C49H35N3. The van der Waals surface area contributed by atoms with Crippen molar-refractivity contribution < 1.29 is 0 Å². The third-order valence-corrected chi connectivity index (χ3v) is 11.4. The van der Waals surface area contributed by atoms with Crippen LogP contribution >= 0.6 is 0 Å². The molecule has 2 aliphatic heterocycles. The topological polar surface area (TPSA) is 11.4 Å². The fourth-order valence-corrected chi connectivity index (χ4v) is 9.14. The van der Waals surface area contributed by atoms with Crippen molar-refractivity contribution in [3.8, 4) is 16.8 Å². The first-order valence-electron chi connectivity index (χ1n) is 18.1. The van der Waals surface area contributed by atoms with Gasteiger partial charge in [-0.1, -0.05) is 129 Å². The van der Waals surface area contributed by atoms with Crippen LogP contribution in [0.2, 0.25) is 0 Å². The summed E-state index contributed by atoms with van der Waals surface area (Å²) in [5, 5.41) is 5.01. The van der Waals surface area contributed by atoms with Gasteiger partial charge in [0.15, 0.2) is 0 Å². The van der Waals surface area contributed by atoms with Gasteiger partial charge < -0.3 is 14.4 Å². The number of benzene rings is 8. The third kappa shape index (κ3) is 3.91. The molecule has 2 aliphatic rings. The molecule has 3 nitrogen and oxygen atoms in total. The fourth-order valence-electron chi connectivity index (χ4n) is 9.14. The first-order chi connectivity index (χ1) is 25.6. The summed E-state index contributed by atoms with van der Waals surface area (Å²) in [5.74, 6) is 0. The first-order valence-corrected chi connectivity index (χ1v) is 18.1. The number of hydrogen-bond donors (Lipinski definition) is 0. The molecular weight excluding hydrogens is 631 g/mol. The van der Waals surface area contributed by atoms with Gasteiger partial charge in [0.05, 0.1) is 33.8 Å². The Kier molecular flexibility index (Phi) is 6.01. The van der Waals surface area contributed by atoms with Crippen molar-refractivity contribution in [3.63, 3.8) is 0 Å². The molecule has 0 fully saturated rings. The van der Waals surface area contributed by atoms with Crippen LogP contribution in [0.5, 0.6) is 0 Å². The number of nitrogens with zero attached hydrogens (tertiary/aromatic N) is 3. The van der Waals surface area contributed by atoms with E-state index in [2.05, 4.69) is 204 Å². The molecule has 0 saturated carbocycles. The lowest BCUT2D eigenvalue weighted by atomic mass is 9.72. The highest BCUT2D eigenvalue weighted by Crippen LogP contribution is 2.61. The summed E-state index contributed by atoms with van der Waals surface area (Å²) in [6.45, 7) is 4.76. The Morgan fingerprint density at radius 2 is 1.06 bits per heavy atom. The monoisotopic (exact) mass is 665 g/mol. The summed E-state index contributed by atoms with van der Waals surface area (Å²) in [6.07, 6.45) is 0. The highest BCUT2D eigenvalue weighted by Gasteiger charge is 2.41. The lowest BCUT2D eigenvalue weighted by Crippen LogP contribution is -2.32. The van der Waals surface area contributed by atoms with Gasteiger partial charge in [-0.15, -0.1) is 0 Å². The van der Waals surface area contributed by atoms with Crippen molar-refractivity contribution in [3.05, 3.63) is 187 Å². The Bertz CT molecular complexity index is 2880. The molecule has 0 atom stereocenters. The number of para-hydroxylation sites is 4. The van der Waals surface area contributed by atoms with Crippen LogP contribution in [-0.2, 0) is 5.41 Å². The van der Waals surface area contributed by atoms with Crippen LogP contribution in [0.25, 0.3) is 49.4 Å². The largest absolute Gasteiger partial charge is 0.309 e. The number of hydrogen-bond acceptors (Lipinski definition) is 2. The Morgan fingerprint density at radius 1 is 0.404 bits per heavy atom. The number of aromatic nitrogens is 1. The standard InChI is InChI=1S/C49H35N3/c1-49(2)40-23-10-12-25-44(40)51(34-19-7-4-8-20-34)48-41(49)29-28-38-37-22-13-15-32-16-14-26-45(46(32)37)52(47(38)48)35-27-30-43-39(31-35)36-21-9-11-24-42(36)50(43)33-17-5-3-6-18-33/h3-31H,1-2H3. The number of rotatable bonds is 3. The lowest BCUT2D eigenvalue weighted by molar-refractivity contribution is 0.632. The Morgan fingerprint density at radius 3 is 1.88 bits per heavy atom. The molecule has 52 heavy (non-hydrogen) atoms. The number of fused-ring (bicyclic) bond motifs is 8. The van der Waals surface area contributed by atoms with Gasteiger partial charge in [-0.3, -0.25) is 0 Å². The Hall–Kier alpha value is -6.58. The van der Waals surface area contributed by atoms with Crippen molar-refractivity contribution >= 4 is 66.7 Å². The zero-order chi connectivity index (χ0) is 34.6. The predicted octanol–water partition coefficient (Wildman–Crippen LogP) is 13.5. The molecule has 0 radical (unpaired) electrons. The minimum Gasteiger partial charge on any atom is -0.309 e. The van der Waals surface area contributed by atoms with Crippen molar-refractivity contribution in [2.75, 3.05) is 9.80 Å². The average Bonchev–Trinajstić information content (AvgIpc) is 3.53. The maximum atomic E-state index is 2.55. The summed E-state index contributed by atoms with van der Waals surface area (Å²) in [5.41, 5.74) is 15.6. The van der Waals surface area contributed by atoms with Crippen molar-refractivity contribution in [2.24, 2.45) is 0 Å². The van der Waals surface area contributed by atoms with E-state index in [1.165, 1.54) is 77.6 Å². The molecule has 8 aromatic carbocycles. The Balaban J connectivity index is 1.27. The van der Waals surface area contributed by atoms with Gasteiger partial charge in [0, 0.05) is 44.2 Å². The molecule has 0 unspecified atom stereocenters. The minimum atomic E-state index is -0.228. The van der Waals surface area contributed by atoms with E-state index in [-0.39, 0.29) is 5.41 Å². The fraction of sp³-hybridized carbons (Fsp3) is 0.0612. The van der Waals surface area contributed by atoms with Gasteiger partial charge in [0.1, 0.15) is 0 Å². The first kappa shape index (κ1) is 29.2. The minimum absolute atomic E-state index is 0.228. The average molecular weight is 666 g/mol. The van der Waals surface area contributed by atoms with Crippen LogP contribution in [0.3, 0.4) is 0 Å². The van der Waals surface area contributed by atoms with Crippen molar-refractivity contribution in [1.82, 2.24) is 4.57 Å². The van der Waals surface area contributed by atoms with Gasteiger partial charge in [-0.05, 0) is 82.7 Å². The summed E-state index contributed by atoms with van der Waals surface area (Å²) >= 11 is 0. The SMILES string of the molecule is CC1(C)c2ccccc2N(c2ccccc2)c2c1ccc1c2N(c2ccc3c(c2)c2ccccc2n3-c2ccccc2)c2cccc3cccc-1c23. The van der Waals surface area contributed by atoms with E-state index in [1.807, 2.05) is 0 Å². The van der Waals surface area contributed by atoms with Crippen LogP contribution < -0.4 is 9.80 Å². The maximum Gasteiger partial charge on any atom is 0.0785 e. The molecule has 246 valence electrons. The van der Waals surface area contributed by atoms with Crippen LogP contribution in [0.4, 0.5) is 34.1 Å². The van der Waals surface area contributed by atoms with Gasteiger partial charge in [0.25, 0.3) is 0 Å². The van der Waals surface area contributed by atoms with Gasteiger partial charge in [-0.25, -0.2) is 0 Å². The molecule has 0 N–H and O–H groups in total. The molecule has 0 spiro atoms. The van der Waals surface area contributed by atoms with E-state index in [0.29, 0.717) is 0 Å². The van der Waals surface area contributed by atoms with E-state index in [4.69, 9.17) is 0 Å². The molecule has 3 heterocycles. The molecule has 9 aromatic rings. The van der Waals surface area contributed by atoms with Crippen LogP contribution in [-0.4, -0.2) is 4.57 Å². The van der Waals surface area contributed by atoms with E-state index in [1.54, 1.807) is 0 Å². The van der Waals surface area contributed by atoms with E-state index >= 15 is 0 Å². The van der Waals surface area contributed by atoms with Gasteiger partial charge >= 0.3 is 0 Å². The number of anilines is 6. The van der Waals surface area contributed by atoms with Crippen LogP contribution in [0.15, 0.2) is 176 Å². The molecule has 3 heteroatoms. The Labute approximate surface area is 303 Å². The lowest BCUT2D eigenvalue weighted by Gasteiger charge is -2.46. The quantitative estimate of drug-likeness (QED) is 0.186. The van der Waals surface area contributed by atoms with Crippen molar-refractivity contribution in [2.45, 2.75) is 19.3 Å². The van der Waals surface area contributed by atoms with Crippen LogP contribution in [0, 0.1) is 0 Å². The second-order valence-corrected chi connectivity index (χ2v) is 14.6. The summed E-state index contributed by atoms with van der Waals surface area (Å²) < 4.78 is 2.40. The highest BCUT2D eigenvalue weighted by atomic mass is 15.2. The van der Waals surface area contributed by atoms with E-state index in [0.717, 1.165) is 17.1 Å². The maximum absolute atomic E-state index is 2.55. The molecule has 11 rings (SSSR count). The predicted molar refractivity (Wildman–Crippen MR) is 219 cm³/mol. The molecule has 1 aromatic heterocycles. The summed E-state index contributed by atoms with van der Waals surface area (Å²) in [7, 11) is 0. The second kappa shape index (κ2) is 10.7. The van der Waals surface area contributed by atoms with Crippen molar-refractivity contribution in [1.29, 1.82) is 0 Å². The zero-order valence-electron chi connectivity index (χ0n) is 29.1. The highest BCUT2D eigenvalue weighted by molar-refractivity contribution is 6.18. The normalized spacial score (nSPS) is 14.0. The zero-order valence-corrected chi connectivity index (χ0v) is 29.1. The van der Waals surface area contributed by atoms with Gasteiger partial charge in [0.2, 0.25) is 0 Å².